The number of fused-ring (bicyclic) bond motifs is 5. The smallest absolute Gasteiger partial charge is 0.319 e. The average molecular weight is 557 g/mol. The Bertz CT molecular complexity index is 1440. The van der Waals surface area contributed by atoms with Crippen molar-refractivity contribution in [3.63, 3.8) is 0 Å². The van der Waals surface area contributed by atoms with Crippen molar-refractivity contribution in [2.24, 2.45) is 0 Å². The maximum absolute atomic E-state index is 16.8. The molecule has 0 radical (unpaired) electrons. The highest BCUT2D eigenvalue weighted by Crippen LogP contribution is 2.42. The van der Waals surface area contributed by atoms with E-state index in [-0.39, 0.29) is 11.4 Å². The van der Waals surface area contributed by atoms with Crippen LogP contribution in [0.5, 0.6) is 6.01 Å². The molecular formula is C33H41FN6O. The number of aryl methyl sites for hydroxylation is 2. The highest BCUT2D eigenvalue weighted by molar-refractivity contribution is 5.93. The molecule has 0 amide bonds. The number of benzene rings is 2. The third kappa shape index (κ3) is 4.28. The molecule has 1 aromatic heterocycles. The minimum atomic E-state index is -0.269. The molecule has 7 nitrogen and oxygen atoms in total. The topological polar surface area (TPSA) is 56.8 Å². The van der Waals surface area contributed by atoms with E-state index in [2.05, 4.69) is 45.1 Å². The molecule has 2 aromatic carbocycles. The van der Waals surface area contributed by atoms with Gasteiger partial charge >= 0.3 is 6.01 Å². The van der Waals surface area contributed by atoms with Crippen molar-refractivity contribution in [2.45, 2.75) is 82.3 Å². The predicted octanol–water partition coefficient (Wildman–Crippen LogP) is 5.36. The normalized spacial score (nSPS) is 25.1. The van der Waals surface area contributed by atoms with Crippen LogP contribution in [-0.2, 0) is 12.8 Å². The Kier molecular flexibility index (Phi) is 6.33. The SMILES string of the molecule is CCc1cccc2c1N(c1ccc3c(N4C[C@H]5CC[C@@H](C4)N5)nc(OCC45CCCN4CCC5)nc3c1F)CCC2. The van der Waals surface area contributed by atoms with Gasteiger partial charge in [-0.15, -0.1) is 0 Å². The number of ether oxygens (including phenoxy) is 1. The minimum Gasteiger partial charge on any atom is -0.461 e. The van der Waals surface area contributed by atoms with E-state index in [4.69, 9.17) is 14.7 Å². The van der Waals surface area contributed by atoms with Gasteiger partial charge in [-0.1, -0.05) is 25.1 Å². The number of halogens is 1. The summed E-state index contributed by atoms with van der Waals surface area (Å²) in [7, 11) is 0. The van der Waals surface area contributed by atoms with Crippen LogP contribution in [0.1, 0.15) is 63.0 Å². The van der Waals surface area contributed by atoms with Gasteiger partial charge < -0.3 is 19.9 Å². The van der Waals surface area contributed by atoms with Crippen molar-refractivity contribution in [2.75, 3.05) is 49.1 Å². The van der Waals surface area contributed by atoms with E-state index in [1.807, 2.05) is 12.1 Å². The first-order valence-electron chi connectivity index (χ1n) is 15.9. The molecule has 41 heavy (non-hydrogen) atoms. The number of hydrogen-bond donors (Lipinski definition) is 1. The first-order valence-corrected chi connectivity index (χ1v) is 15.9. The van der Waals surface area contributed by atoms with Crippen molar-refractivity contribution in [1.82, 2.24) is 20.2 Å². The maximum Gasteiger partial charge on any atom is 0.319 e. The van der Waals surface area contributed by atoms with Crippen molar-refractivity contribution in [1.29, 1.82) is 0 Å². The van der Waals surface area contributed by atoms with Gasteiger partial charge in [0.2, 0.25) is 0 Å². The van der Waals surface area contributed by atoms with E-state index < -0.39 is 0 Å². The second-order valence-corrected chi connectivity index (χ2v) is 12.9. The van der Waals surface area contributed by atoms with Crippen LogP contribution >= 0.6 is 0 Å². The zero-order chi connectivity index (χ0) is 27.6. The van der Waals surface area contributed by atoms with Gasteiger partial charge in [0.05, 0.1) is 11.2 Å². The summed E-state index contributed by atoms with van der Waals surface area (Å²) >= 11 is 0. The van der Waals surface area contributed by atoms with Crippen LogP contribution < -0.4 is 19.9 Å². The lowest BCUT2D eigenvalue weighted by Gasteiger charge is -2.35. The molecule has 5 aliphatic rings. The van der Waals surface area contributed by atoms with E-state index in [0.717, 1.165) is 76.0 Å². The lowest BCUT2D eigenvalue weighted by molar-refractivity contribution is 0.108. The Morgan fingerprint density at radius 3 is 2.59 bits per heavy atom. The number of rotatable bonds is 6. The van der Waals surface area contributed by atoms with Gasteiger partial charge in [0.25, 0.3) is 0 Å². The summed E-state index contributed by atoms with van der Waals surface area (Å²) in [4.78, 5) is 16.9. The van der Waals surface area contributed by atoms with Crippen molar-refractivity contribution in [3.05, 3.63) is 47.3 Å². The number of nitrogens with one attached hydrogen (secondary N) is 1. The number of para-hydroxylation sites is 1. The molecule has 5 aliphatic heterocycles. The van der Waals surface area contributed by atoms with Crippen LogP contribution in [0.2, 0.25) is 0 Å². The van der Waals surface area contributed by atoms with Crippen molar-refractivity contribution >= 4 is 28.1 Å². The quantitative estimate of drug-likeness (QED) is 0.439. The molecule has 8 rings (SSSR count). The summed E-state index contributed by atoms with van der Waals surface area (Å²) < 4.78 is 23.3. The van der Waals surface area contributed by atoms with Crippen molar-refractivity contribution in [3.8, 4) is 6.01 Å². The Labute approximate surface area is 242 Å². The van der Waals surface area contributed by atoms with Crippen molar-refractivity contribution < 1.29 is 9.13 Å². The lowest BCUT2D eigenvalue weighted by Crippen LogP contribution is -2.51. The van der Waals surface area contributed by atoms with Gasteiger partial charge in [0, 0.05) is 42.8 Å². The average Bonchev–Trinajstić information content (AvgIpc) is 3.69. The first-order chi connectivity index (χ1) is 20.1. The van der Waals surface area contributed by atoms with Crippen LogP contribution in [0.4, 0.5) is 21.6 Å². The molecule has 4 saturated heterocycles. The fourth-order valence-electron chi connectivity index (χ4n) is 8.52. The molecule has 2 bridgehead atoms. The van der Waals surface area contributed by atoms with Gasteiger partial charge in [-0.25, -0.2) is 4.39 Å². The Morgan fingerprint density at radius 1 is 1.00 bits per heavy atom. The van der Waals surface area contributed by atoms with E-state index in [0.29, 0.717) is 35.9 Å². The highest BCUT2D eigenvalue weighted by Gasteiger charge is 2.45. The largest absolute Gasteiger partial charge is 0.461 e. The number of piperazine rings is 1. The van der Waals surface area contributed by atoms with E-state index in [1.165, 1.54) is 42.5 Å². The summed E-state index contributed by atoms with van der Waals surface area (Å²) in [6.07, 6.45) is 10.0. The van der Waals surface area contributed by atoms with Gasteiger partial charge in [0.1, 0.15) is 17.9 Å². The van der Waals surface area contributed by atoms with E-state index in [9.17, 15) is 0 Å². The third-order valence-corrected chi connectivity index (χ3v) is 10.5. The summed E-state index contributed by atoms with van der Waals surface area (Å²) in [5.74, 6) is 0.545. The third-order valence-electron chi connectivity index (χ3n) is 10.5. The Morgan fingerprint density at radius 2 is 1.80 bits per heavy atom. The van der Waals surface area contributed by atoms with Crippen LogP contribution in [0, 0.1) is 5.82 Å². The molecule has 0 unspecified atom stereocenters. The summed E-state index contributed by atoms with van der Waals surface area (Å²) in [6.45, 7) is 7.60. The lowest BCUT2D eigenvalue weighted by atomic mass is 9.95. The molecule has 1 N–H and O–H groups in total. The van der Waals surface area contributed by atoms with Crippen LogP contribution in [-0.4, -0.2) is 71.8 Å². The first kappa shape index (κ1) is 25.7. The summed E-state index contributed by atoms with van der Waals surface area (Å²) in [5.41, 5.74) is 4.80. The van der Waals surface area contributed by atoms with Crippen LogP contribution in [0.25, 0.3) is 10.9 Å². The van der Waals surface area contributed by atoms with Crippen LogP contribution in [0.15, 0.2) is 30.3 Å². The Balaban J connectivity index is 1.22. The molecule has 4 fully saturated rings. The number of hydrogen-bond acceptors (Lipinski definition) is 7. The summed E-state index contributed by atoms with van der Waals surface area (Å²) in [5, 5.41) is 4.50. The molecule has 0 aliphatic carbocycles. The van der Waals surface area contributed by atoms with E-state index in [1.54, 1.807) is 0 Å². The predicted molar refractivity (Wildman–Crippen MR) is 161 cm³/mol. The summed E-state index contributed by atoms with van der Waals surface area (Å²) in [6, 6.07) is 11.7. The maximum atomic E-state index is 16.8. The van der Waals surface area contributed by atoms with Gasteiger partial charge in [-0.05, 0) is 94.1 Å². The number of nitrogens with zero attached hydrogens (tertiary/aromatic N) is 5. The van der Waals surface area contributed by atoms with Crippen LogP contribution in [0.3, 0.4) is 0 Å². The van der Waals surface area contributed by atoms with Gasteiger partial charge in [0.15, 0.2) is 5.82 Å². The fraction of sp³-hybridized carbons (Fsp3) is 0.576. The molecule has 0 spiro atoms. The number of aromatic nitrogens is 2. The Hall–Kier alpha value is -2.97. The minimum absolute atomic E-state index is 0.0844. The zero-order valence-corrected chi connectivity index (χ0v) is 24.2. The van der Waals surface area contributed by atoms with E-state index >= 15 is 4.39 Å². The molecular weight excluding hydrogens is 515 g/mol. The highest BCUT2D eigenvalue weighted by atomic mass is 19.1. The second-order valence-electron chi connectivity index (χ2n) is 12.9. The molecule has 3 aromatic rings. The molecule has 2 atom stereocenters. The monoisotopic (exact) mass is 556 g/mol. The second kappa shape index (κ2) is 10.1. The number of anilines is 3. The fourth-order valence-corrected chi connectivity index (χ4v) is 8.52. The van der Waals surface area contributed by atoms with Gasteiger partial charge in [-0.2, -0.15) is 9.97 Å². The molecule has 216 valence electrons. The molecule has 8 heteroatoms. The zero-order valence-electron chi connectivity index (χ0n) is 24.2. The standard InChI is InChI=1S/C33H41FN6O/c1-2-22-7-3-8-23-9-4-18-40(30(22)23)27-13-12-26-29(28(27)34)36-32(41-21-33-14-5-16-39(33)17-6-15-33)37-31(26)38-19-24-10-11-25(20-38)35-24/h3,7-8,12-13,24-25,35H,2,4-6,9-11,14-21H2,1H3/t24-,25+. The molecule has 0 saturated carbocycles. The van der Waals surface area contributed by atoms with Gasteiger partial charge in [-0.3, -0.25) is 4.90 Å². The molecule has 6 heterocycles.